The van der Waals surface area contributed by atoms with E-state index in [4.69, 9.17) is 4.42 Å². The van der Waals surface area contributed by atoms with E-state index in [0.717, 1.165) is 31.2 Å². The summed E-state index contributed by atoms with van der Waals surface area (Å²) in [6.07, 6.45) is 7.82. The summed E-state index contributed by atoms with van der Waals surface area (Å²) in [6.45, 7) is 4.19. The second-order valence-electron chi connectivity index (χ2n) is 8.49. The molecule has 4 heteroatoms. The quantitative estimate of drug-likeness (QED) is 0.879. The lowest BCUT2D eigenvalue weighted by Gasteiger charge is -2.57. The summed E-state index contributed by atoms with van der Waals surface area (Å²) in [4.78, 5) is 12.7. The second-order valence-corrected chi connectivity index (χ2v) is 8.49. The van der Waals surface area contributed by atoms with E-state index >= 15 is 0 Å². The molecule has 2 N–H and O–H groups in total. The predicted molar refractivity (Wildman–Crippen MR) is 84.9 cm³/mol. The summed E-state index contributed by atoms with van der Waals surface area (Å²) in [5, 5.41) is 20.3. The number of aliphatic hydroxyl groups is 2. The number of ketones is 1. The van der Waals surface area contributed by atoms with Crippen LogP contribution in [0.4, 0.5) is 0 Å². The molecule has 1 aromatic heterocycles. The highest BCUT2D eigenvalue weighted by molar-refractivity contribution is 5.88. The van der Waals surface area contributed by atoms with Crippen LogP contribution in [0.15, 0.2) is 16.9 Å². The van der Waals surface area contributed by atoms with Gasteiger partial charge in [-0.3, -0.25) is 4.79 Å². The van der Waals surface area contributed by atoms with Crippen molar-refractivity contribution in [2.45, 2.75) is 51.4 Å². The van der Waals surface area contributed by atoms with E-state index in [1.165, 1.54) is 5.56 Å². The molecule has 3 aliphatic rings. The molecule has 0 saturated heterocycles. The standard InChI is InChI=1S/C19H26O4/c1-17-7-16(22)18(2,10-20)14(17)5-6-19(11-21)13-9-23-8-12(13)3-4-15(17)19/h8-9,14-15,20-21H,3-7,10-11H2,1-2H3/t14-,15-,17+,18-,19-/m1/s1. The van der Waals surface area contributed by atoms with Gasteiger partial charge in [0.2, 0.25) is 0 Å². The van der Waals surface area contributed by atoms with E-state index in [9.17, 15) is 15.0 Å². The van der Waals surface area contributed by atoms with Crippen molar-refractivity contribution >= 4 is 5.78 Å². The Balaban J connectivity index is 1.84. The predicted octanol–water partition coefficient (Wildman–Crippen LogP) is 2.46. The minimum Gasteiger partial charge on any atom is -0.472 e. The molecule has 4 rings (SSSR count). The van der Waals surface area contributed by atoms with Gasteiger partial charge in [-0.25, -0.2) is 0 Å². The molecule has 4 nitrogen and oxygen atoms in total. The molecule has 0 bridgehead atoms. The summed E-state index contributed by atoms with van der Waals surface area (Å²) in [6, 6.07) is 0. The molecule has 0 spiro atoms. The van der Waals surface area contributed by atoms with Gasteiger partial charge in [-0.2, -0.15) is 0 Å². The SMILES string of the molecule is C[C@]12CC(=O)[C@](C)(CO)[C@@H]1CC[C@@]1(CO)c3cocc3CC[C@@H]12. The summed E-state index contributed by atoms with van der Waals surface area (Å²) in [5.41, 5.74) is 1.32. The molecule has 2 saturated carbocycles. The average molecular weight is 318 g/mol. The molecule has 0 aliphatic heterocycles. The molecular weight excluding hydrogens is 292 g/mol. The van der Waals surface area contributed by atoms with Crippen molar-refractivity contribution in [3.63, 3.8) is 0 Å². The van der Waals surface area contributed by atoms with Gasteiger partial charge in [-0.15, -0.1) is 0 Å². The maximum absolute atomic E-state index is 12.7. The van der Waals surface area contributed by atoms with Crippen LogP contribution in [0.5, 0.6) is 0 Å². The minimum absolute atomic E-state index is 0.0676. The summed E-state index contributed by atoms with van der Waals surface area (Å²) >= 11 is 0. The number of carbonyl (C=O) groups excluding carboxylic acids is 1. The van der Waals surface area contributed by atoms with E-state index in [1.54, 1.807) is 0 Å². The summed E-state index contributed by atoms with van der Waals surface area (Å²) in [5.74, 6) is 0.658. The van der Waals surface area contributed by atoms with Crippen molar-refractivity contribution in [3.05, 3.63) is 23.7 Å². The lowest BCUT2D eigenvalue weighted by Crippen LogP contribution is -2.56. The van der Waals surface area contributed by atoms with Gasteiger partial charge >= 0.3 is 0 Å². The summed E-state index contributed by atoms with van der Waals surface area (Å²) in [7, 11) is 0. The number of carbonyl (C=O) groups is 1. The molecule has 1 aromatic rings. The Morgan fingerprint density at radius 3 is 2.65 bits per heavy atom. The van der Waals surface area contributed by atoms with Gasteiger partial charge in [0.25, 0.3) is 0 Å². The van der Waals surface area contributed by atoms with Crippen LogP contribution < -0.4 is 0 Å². The maximum atomic E-state index is 12.7. The smallest absolute Gasteiger partial charge is 0.141 e. The molecule has 0 aromatic carbocycles. The van der Waals surface area contributed by atoms with Crippen LogP contribution in [0.3, 0.4) is 0 Å². The van der Waals surface area contributed by atoms with Crippen LogP contribution >= 0.6 is 0 Å². The highest BCUT2D eigenvalue weighted by atomic mass is 16.3. The Hall–Kier alpha value is -1.13. The number of aliphatic hydroxyl groups excluding tert-OH is 2. The number of hydrogen-bond donors (Lipinski definition) is 2. The molecule has 126 valence electrons. The lowest BCUT2D eigenvalue weighted by atomic mass is 9.46. The van der Waals surface area contributed by atoms with Crippen LogP contribution in [0.2, 0.25) is 0 Å². The van der Waals surface area contributed by atoms with E-state index in [0.29, 0.717) is 6.42 Å². The van der Waals surface area contributed by atoms with Crippen LogP contribution in [-0.4, -0.2) is 29.2 Å². The largest absolute Gasteiger partial charge is 0.472 e. The average Bonchev–Trinajstić information content (AvgIpc) is 3.09. The second kappa shape index (κ2) is 4.70. The first-order chi connectivity index (χ1) is 10.9. The van der Waals surface area contributed by atoms with Gasteiger partial charge in [0, 0.05) is 17.4 Å². The fraction of sp³-hybridized carbons (Fsp3) is 0.737. The van der Waals surface area contributed by atoms with Crippen LogP contribution in [0.1, 0.15) is 50.7 Å². The molecule has 2 fully saturated rings. The Labute approximate surface area is 136 Å². The van der Waals surface area contributed by atoms with Gasteiger partial charge in [-0.1, -0.05) is 13.8 Å². The highest BCUT2D eigenvalue weighted by Crippen LogP contribution is 2.67. The number of aryl methyl sites for hydroxylation is 1. The van der Waals surface area contributed by atoms with Crippen LogP contribution in [0.25, 0.3) is 0 Å². The van der Waals surface area contributed by atoms with E-state index in [1.807, 2.05) is 19.5 Å². The zero-order valence-corrected chi connectivity index (χ0v) is 14.0. The Kier molecular flexibility index (Phi) is 3.15. The van der Waals surface area contributed by atoms with Crippen LogP contribution in [-0.2, 0) is 16.6 Å². The first-order valence-corrected chi connectivity index (χ1v) is 8.73. The Bertz CT molecular complexity index is 650. The van der Waals surface area contributed by atoms with E-state index in [2.05, 4.69) is 6.92 Å². The van der Waals surface area contributed by atoms with Gasteiger partial charge < -0.3 is 14.6 Å². The molecule has 0 radical (unpaired) electrons. The van der Waals surface area contributed by atoms with Crippen LogP contribution in [0, 0.1) is 22.7 Å². The maximum Gasteiger partial charge on any atom is 0.141 e. The number of rotatable bonds is 2. The van der Waals surface area contributed by atoms with Gasteiger partial charge in [0.15, 0.2) is 0 Å². The van der Waals surface area contributed by atoms with E-state index in [-0.39, 0.29) is 41.7 Å². The zero-order valence-electron chi connectivity index (χ0n) is 14.0. The van der Waals surface area contributed by atoms with Crippen molar-refractivity contribution in [2.24, 2.45) is 22.7 Å². The minimum atomic E-state index is -0.618. The molecule has 0 unspecified atom stereocenters. The first kappa shape index (κ1) is 15.4. The van der Waals surface area contributed by atoms with Gasteiger partial charge in [0.1, 0.15) is 5.78 Å². The van der Waals surface area contributed by atoms with Crippen molar-refractivity contribution < 1.29 is 19.4 Å². The molecule has 3 aliphatic carbocycles. The fourth-order valence-electron chi connectivity index (χ4n) is 6.47. The topological polar surface area (TPSA) is 70.7 Å². The molecule has 1 heterocycles. The van der Waals surface area contributed by atoms with Crippen molar-refractivity contribution in [1.29, 1.82) is 0 Å². The number of Topliss-reactive ketones (excluding diaryl/α,β-unsaturated/α-hetero) is 1. The lowest BCUT2D eigenvalue weighted by molar-refractivity contribution is -0.129. The molecule has 23 heavy (non-hydrogen) atoms. The molecular formula is C19H26O4. The third kappa shape index (κ3) is 1.66. The third-order valence-corrected chi connectivity index (χ3v) is 7.68. The molecule has 0 amide bonds. The third-order valence-electron chi connectivity index (χ3n) is 7.68. The highest BCUT2D eigenvalue weighted by Gasteiger charge is 2.66. The number of furan rings is 1. The van der Waals surface area contributed by atoms with Gasteiger partial charge in [-0.05, 0) is 48.5 Å². The van der Waals surface area contributed by atoms with Crippen molar-refractivity contribution in [2.75, 3.05) is 13.2 Å². The number of fused-ring (bicyclic) bond motifs is 5. The number of hydrogen-bond acceptors (Lipinski definition) is 4. The monoisotopic (exact) mass is 318 g/mol. The summed E-state index contributed by atoms with van der Waals surface area (Å²) < 4.78 is 5.45. The van der Waals surface area contributed by atoms with Crippen molar-refractivity contribution in [3.8, 4) is 0 Å². The zero-order chi connectivity index (χ0) is 16.5. The van der Waals surface area contributed by atoms with Gasteiger partial charge in [0.05, 0.1) is 31.2 Å². The Morgan fingerprint density at radius 1 is 1.17 bits per heavy atom. The van der Waals surface area contributed by atoms with E-state index < -0.39 is 5.41 Å². The normalized spacial score (nSPS) is 45.5. The Morgan fingerprint density at radius 2 is 1.96 bits per heavy atom. The molecule has 5 atom stereocenters. The first-order valence-electron chi connectivity index (χ1n) is 8.73. The fourth-order valence-corrected chi connectivity index (χ4v) is 6.47. The van der Waals surface area contributed by atoms with Crippen molar-refractivity contribution in [1.82, 2.24) is 0 Å².